The highest BCUT2D eigenvalue weighted by Gasteiger charge is 2.62. The second-order valence-electron chi connectivity index (χ2n) is 10.3. The van der Waals surface area contributed by atoms with Crippen LogP contribution in [0, 0.1) is 5.92 Å². The molecule has 1 aromatic heterocycles. The number of nitrogens with one attached hydrogen (secondary N) is 1. The number of methoxy groups -OCH3 is 2. The van der Waals surface area contributed by atoms with E-state index in [-0.39, 0.29) is 18.9 Å². The number of esters is 1. The van der Waals surface area contributed by atoms with Gasteiger partial charge < -0.3 is 24.3 Å². The van der Waals surface area contributed by atoms with Gasteiger partial charge in [-0.3, -0.25) is 9.69 Å². The summed E-state index contributed by atoms with van der Waals surface area (Å²) in [5.41, 5.74) is -1.94. The van der Waals surface area contributed by atoms with Crippen LogP contribution in [0.2, 0.25) is 0 Å². The summed E-state index contributed by atoms with van der Waals surface area (Å²) >= 11 is 0. The third-order valence-electron chi connectivity index (χ3n) is 6.60. The largest absolute Gasteiger partial charge is 0.497 e. The van der Waals surface area contributed by atoms with E-state index in [1.165, 1.54) is 12.0 Å². The van der Waals surface area contributed by atoms with Crippen molar-refractivity contribution in [2.45, 2.75) is 56.9 Å². The minimum atomic E-state index is -1.18. The summed E-state index contributed by atoms with van der Waals surface area (Å²) < 4.78 is 22.0. The van der Waals surface area contributed by atoms with Crippen molar-refractivity contribution in [3.05, 3.63) is 43.1 Å². The molecule has 4 atom stereocenters. The van der Waals surface area contributed by atoms with Crippen LogP contribution in [-0.2, 0) is 19.1 Å². The van der Waals surface area contributed by atoms with Crippen molar-refractivity contribution < 1.29 is 33.3 Å². The maximum Gasteiger partial charge on any atom is 0.411 e. The first-order valence-corrected chi connectivity index (χ1v) is 12.1. The lowest BCUT2D eigenvalue weighted by molar-refractivity contribution is -0.147. The van der Waals surface area contributed by atoms with E-state index in [1.807, 2.05) is 24.3 Å². The van der Waals surface area contributed by atoms with Gasteiger partial charge in [0.25, 0.3) is 0 Å². The van der Waals surface area contributed by atoms with Crippen LogP contribution in [0.5, 0.6) is 11.6 Å². The molecule has 2 heterocycles. The van der Waals surface area contributed by atoms with Crippen LogP contribution < -0.4 is 14.8 Å². The highest BCUT2D eigenvalue weighted by Crippen LogP contribution is 2.45. The zero-order valence-corrected chi connectivity index (χ0v) is 21.8. The van der Waals surface area contributed by atoms with Crippen molar-refractivity contribution in [2.24, 2.45) is 5.92 Å². The molecule has 2 fully saturated rings. The SMILES string of the molecule is C=CC1CC1(NC(=O)C1CC(Oc2nccc3cc(OC)ccc23)CN1C(=O)OC(C)(C)C)C(=O)OC. The quantitative estimate of drug-likeness (QED) is 0.445. The molecule has 10 heteroatoms. The van der Waals surface area contributed by atoms with Gasteiger partial charge in [0.2, 0.25) is 11.8 Å². The maximum absolute atomic E-state index is 13.5. The number of hydrogen-bond donors (Lipinski definition) is 1. The van der Waals surface area contributed by atoms with Crippen LogP contribution in [0.25, 0.3) is 10.8 Å². The van der Waals surface area contributed by atoms with E-state index in [0.29, 0.717) is 18.1 Å². The molecular formula is C27H33N3O7. The van der Waals surface area contributed by atoms with Gasteiger partial charge >= 0.3 is 12.1 Å². The average Bonchev–Trinajstić information content (AvgIpc) is 3.40. The monoisotopic (exact) mass is 511 g/mol. The third kappa shape index (κ3) is 5.33. The summed E-state index contributed by atoms with van der Waals surface area (Å²) in [5.74, 6) is -0.187. The number of likely N-dealkylation sites (tertiary alicyclic amines) is 1. The van der Waals surface area contributed by atoms with Crippen LogP contribution in [0.15, 0.2) is 43.1 Å². The molecule has 1 aliphatic carbocycles. The Morgan fingerprint density at radius 1 is 1.22 bits per heavy atom. The second kappa shape index (κ2) is 9.91. The number of ether oxygens (including phenoxy) is 4. The van der Waals surface area contributed by atoms with Gasteiger partial charge in [-0.05, 0) is 56.8 Å². The normalized spacial score (nSPS) is 24.8. The van der Waals surface area contributed by atoms with E-state index >= 15 is 0 Å². The van der Waals surface area contributed by atoms with E-state index in [4.69, 9.17) is 18.9 Å². The summed E-state index contributed by atoms with van der Waals surface area (Å²) in [7, 11) is 2.87. The van der Waals surface area contributed by atoms with Gasteiger partial charge in [0.15, 0.2) is 0 Å². The topological polar surface area (TPSA) is 116 Å². The van der Waals surface area contributed by atoms with Crippen molar-refractivity contribution >= 4 is 28.7 Å². The highest BCUT2D eigenvalue weighted by molar-refractivity contribution is 5.95. The summed E-state index contributed by atoms with van der Waals surface area (Å²) in [4.78, 5) is 44.7. The molecular weight excluding hydrogens is 478 g/mol. The molecule has 0 bridgehead atoms. The van der Waals surface area contributed by atoms with Crippen molar-refractivity contribution in [1.29, 1.82) is 0 Å². The van der Waals surface area contributed by atoms with Crippen LogP contribution >= 0.6 is 0 Å². The van der Waals surface area contributed by atoms with Gasteiger partial charge in [0.1, 0.15) is 29.0 Å². The average molecular weight is 512 g/mol. The Morgan fingerprint density at radius 3 is 2.59 bits per heavy atom. The number of carbonyl (C=O) groups excluding carboxylic acids is 3. The van der Waals surface area contributed by atoms with E-state index in [9.17, 15) is 14.4 Å². The van der Waals surface area contributed by atoms with Crippen molar-refractivity contribution in [2.75, 3.05) is 20.8 Å². The number of amides is 2. The van der Waals surface area contributed by atoms with Crippen LogP contribution in [-0.4, -0.2) is 71.9 Å². The Kier molecular flexibility index (Phi) is 7.03. The van der Waals surface area contributed by atoms with E-state index in [2.05, 4.69) is 16.9 Å². The minimum absolute atomic E-state index is 0.108. The first-order valence-electron chi connectivity index (χ1n) is 12.1. The number of aromatic nitrogens is 1. The lowest BCUT2D eigenvalue weighted by Gasteiger charge is -2.28. The molecule has 1 saturated carbocycles. The van der Waals surface area contributed by atoms with Crippen molar-refractivity contribution in [3.8, 4) is 11.6 Å². The van der Waals surface area contributed by atoms with Crippen molar-refractivity contribution in [1.82, 2.24) is 15.2 Å². The van der Waals surface area contributed by atoms with Crippen molar-refractivity contribution in [3.63, 3.8) is 0 Å². The minimum Gasteiger partial charge on any atom is -0.497 e. The Bertz CT molecular complexity index is 1220. The van der Waals surface area contributed by atoms with Gasteiger partial charge in [0, 0.05) is 23.9 Å². The molecule has 2 aromatic rings. The number of pyridine rings is 1. The maximum atomic E-state index is 13.5. The number of rotatable bonds is 7. The number of benzene rings is 1. The van der Waals surface area contributed by atoms with Crippen LogP contribution in [0.4, 0.5) is 4.79 Å². The molecule has 1 N–H and O–H groups in total. The lowest BCUT2D eigenvalue weighted by Crippen LogP contribution is -2.53. The molecule has 1 aromatic carbocycles. The number of hydrogen-bond acceptors (Lipinski definition) is 8. The first-order chi connectivity index (χ1) is 17.5. The fraction of sp³-hybridized carbons (Fsp3) is 0.481. The van der Waals surface area contributed by atoms with E-state index < -0.39 is 41.3 Å². The molecule has 198 valence electrons. The molecule has 10 nitrogen and oxygen atoms in total. The molecule has 0 radical (unpaired) electrons. The summed E-state index contributed by atoms with van der Waals surface area (Å²) in [5, 5.41) is 4.47. The zero-order chi connectivity index (χ0) is 27.0. The summed E-state index contributed by atoms with van der Waals surface area (Å²) in [6, 6.07) is 6.47. The van der Waals surface area contributed by atoms with E-state index in [1.54, 1.807) is 40.2 Å². The van der Waals surface area contributed by atoms with Gasteiger partial charge in [-0.15, -0.1) is 6.58 Å². The first kappa shape index (κ1) is 26.2. The number of nitrogens with zero attached hydrogens (tertiary/aromatic N) is 2. The standard InChI is InChI=1S/C27H33N3O7/c1-7-17-14-27(17,24(32)35-6)29-22(31)21-13-19(15-30(21)25(33)37-26(2,3)4)36-23-20-9-8-18(34-5)12-16(20)10-11-28-23/h7-12,17,19,21H,1,13-15H2,2-6H3,(H,29,31). The smallest absolute Gasteiger partial charge is 0.411 e. The number of carbonyl (C=O) groups is 3. The predicted octanol–water partition coefficient (Wildman–Crippen LogP) is 3.23. The lowest BCUT2D eigenvalue weighted by atomic mass is 10.1. The Hall–Kier alpha value is -3.82. The zero-order valence-electron chi connectivity index (χ0n) is 21.8. The highest BCUT2D eigenvalue weighted by atomic mass is 16.6. The molecule has 0 spiro atoms. The molecule has 37 heavy (non-hydrogen) atoms. The Morgan fingerprint density at radius 2 is 1.97 bits per heavy atom. The molecule has 4 rings (SSSR count). The molecule has 2 amide bonds. The van der Waals surface area contributed by atoms with Gasteiger partial charge in [-0.2, -0.15) is 0 Å². The van der Waals surface area contributed by atoms with Crippen LogP contribution in [0.1, 0.15) is 33.6 Å². The molecule has 1 aliphatic heterocycles. The van der Waals surface area contributed by atoms with E-state index in [0.717, 1.165) is 10.8 Å². The fourth-order valence-electron chi connectivity index (χ4n) is 4.65. The summed E-state index contributed by atoms with van der Waals surface area (Å²) in [6.07, 6.45) is 2.64. The number of fused-ring (bicyclic) bond motifs is 1. The summed E-state index contributed by atoms with van der Waals surface area (Å²) in [6.45, 7) is 9.11. The van der Waals surface area contributed by atoms with Gasteiger partial charge in [0.05, 0.1) is 20.8 Å². The van der Waals surface area contributed by atoms with Crippen LogP contribution in [0.3, 0.4) is 0 Å². The van der Waals surface area contributed by atoms with Gasteiger partial charge in [-0.25, -0.2) is 14.6 Å². The second-order valence-corrected chi connectivity index (χ2v) is 10.3. The fourth-order valence-corrected chi connectivity index (χ4v) is 4.65. The third-order valence-corrected chi connectivity index (χ3v) is 6.60. The molecule has 2 aliphatic rings. The predicted molar refractivity (Wildman–Crippen MR) is 135 cm³/mol. The Labute approximate surface area is 215 Å². The van der Waals surface area contributed by atoms with Gasteiger partial charge in [-0.1, -0.05) is 6.08 Å². The molecule has 4 unspecified atom stereocenters. The Balaban J connectivity index is 1.58. The molecule has 1 saturated heterocycles.